The van der Waals surface area contributed by atoms with Crippen LogP contribution >= 0.6 is 7.82 Å². The maximum atomic E-state index is 14.3. The first-order valence-corrected chi connectivity index (χ1v) is 37.5. The summed E-state index contributed by atoms with van der Waals surface area (Å²) in [4.78, 5) is 50.8. The van der Waals surface area contributed by atoms with Gasteiger partial charge in [0.1, 0.15) is 98.7 Å². The van der Waals surface area contributed by atoms with Crippen LogP contribution in [0.4, 0.5) is 0 Å². The highest BCUT2D eigenvalue weighted by molar-refractivity contribution is 7.47. The fraction of sp³-hybridized carbons (Fsp3) is 0.926. The number of hydrogen-bond acceptors (Lipinski definition) is 23. The molecule has 2 aliphatic heterocycles. The quantitative estimate of drug-likeness (QED) is 0.00890. The van der Waals surface area contributed by atoms with E-state index in [1.807, 2.05) is 0 Å². The van der Waals surface area contributed by atoms with Gasteiger partial charge in [0.2, 0.25) is 0 Å². The van der Waals surface area contributed by atoms with Crippen LogP contribution in [0.2, 0.25) is 0 Å². The lowest BCUT2D eigenvalue weighted by atomic mass is 9.84. The molecule has 546 valence electrons. The average Bonchev–Trinajstić information content (AvgIpc) is 0.773. The van der Waals surface area contributed by atoms with Crippen molar-refractivity contribution in [2.24, 2.45) is 0 Å². The van der Waals surface area contributed by atoms with Gasteiger partial charge in [-0.2, -0.15) is 0 Å². The second-order valence-corrected chi connectivity index (χ2v) is 27.4. The molecule has 3 fully saturated rings. The van der Waals surface area contributed by atoms with Crippen LogP contribution in [0.3, 0.4) is 0 Å². The maximum Gasteiger partial charge on any atom is 0.472 e. The van der Waals surface area contributed by atoms with Crippen LogP contribution in [0.25, 0.3) is 0 Å². The summed E-state index contributed by atoms with van der Waals surface area (Å²) in [5.74, 6) is -2.00. The fourth-order valence-corrected chi connectivity index (χ4v) is 12.8. The number of hydrogen-bond donors (Lipinski definition) is 11. The summed E-state index contributed by atoms with van der Waals surface area (Å²) in [5.41, 5.74) is 0. The minimum atomic E-state index is -5.69. The number of allylic oxidation sites excluding steroid dienone is 2. The van der Waals surface area contributed by atoms with Crippen molar-refractivity contribution in [1.82, 2.24) is 0 Å². The van der Waals surface area contributed by atoms with Gasteiger partial charge >= 0.3 is 25.7 Å². The fourth-order valence-electron chi connectivity index (χ4n) is 11.9. The van der Waals surface area contributed by atoms with Crippen molar-refractivity contribution in [3.05, 3.63) is 12.2 Å². The van der Waals surface area contributed by atoms with Crippen molar-refractivity contribution in [3.8, 4) is 0 Å². The van der Waals surface area contributed by atoms with E-state index in [-0.39, 0.29) is 19.3 Å². The summed E-state index contributed by atoms with van der Waals surface area (Å²) in [6.45, 7) is 3.40. The summed E-state index contributed by atoms with van der Waals surface area (Å²) in [6.07, 6.45) is 7.37. The zero-order valence-corrected chi connectivity index (χ0v) is 57.4. The molecule has 3 aliphatic rings. The first-order chi connectivity index (χ1) is 44.8. The lowest BCUT2D eigenvalue weighted by molar-refractivity contribution is -0.360. The molecule has 93 heavy (non-hydrogen) atoms. The standard InChI is InChI=1S/C68H125O24P/c1-4-7-10-13-16-19-22-25-28-30-33-36-39-42-52(70)84-46-49(87-54(72)44-41-38-35-32-27-24-21-18-15-12-9-6-3)47-86-93(82,83)92-66-64(90-67-62(80)57(75)55(73)50(45-69)88-67)60(78)59(77)61(79)65(66)91-68-63(81)58(76)56(74)51(89-68)48-85-53(71)43-40-37-34-31-29-26-23-20-17-14-11-8-5-2/h25,28,49-51,55-69,73-81H,4-24,26-27,29-48H2,1-3H3,(H,82,83)/b28-25-. The number of esters is 3. The van der Waals surface area contributed by atoms with Crippen LogP contribution in [0.15, 0.2) is 12.2 Å². The summed E-state index contributed by atoms with van der Waals surface area (Å²) >= 11 is 0. The Morgan fingerprint density at radius 2 is 0.753 bits per heavy atom. The lowest BCUT2D eigenvalue weighted by Gasteiger charge is -2.49. The number of aliphatic hydroxyl groups excluding tert-OH is 10. The van der Waals surface area contributed by atoms with Crippen LogP contribution < -0.4 is 0 Å². The number of aliphatic hydroxyl groups is 10. The molecule has 11 N–H and O–H groups in total. The summed E-state index contributed by atoms with van der Waals surface area (Å²) in [5, 5.41) is 110. The molecular formula is C68H125O24P. The van der Waals surface area contributed by atoms with Gasteiger partial charge in [-0.05, 0) is 44.9 Å². The Kier molecular flexibility index (Phi) is 46.5. The molecule has 0 aromatic heterocycles. The van der Waals surface area contributed by atoms with Gasteiger partial charge in [0.15, 0.2) is 18.7 Å². The third kappa shape index (κ3) is 34.9. The van der Waals surface area contributed by atoms with Crippen molar-refractivity contribution in [3.63, 3.8) is 0 Å². The van der Waals surface area contributed by atoms with Gasteiger partial charge in [0, 0.05) is 19.3 Å². The first kappa shape index (κ1) is 84.9. The largest absolute Gasteiger partial charge is 0.472 e. The third-order valence-corrected chi connectivity index (χ3v) is 18.8. The Balaban J connectivity index is 1.76. The summed E-state index contributed by atoms with van der Waals surface area (Å²) in [6, 6.07) is 0. The van der Waals surface area contributed by atoms with Crippen molar-refractivity contribution in [2.45, 2.75) is 375 Å². The van der Waals surface area contributed by atoms with Gasteiger partial charge < -0.3 is 89.1 Å². The monoisotopic (exact) mass is 1360 g/mol. The highest BCUT2D eigenvalue weighted by atomic mass is 31.2. The van der Waals surface area contributed by atoms with Crippen molar-refractivity contribution >= 4 is 25.7 Å². The molecule has 18 unspecified atom stereocenters. The van der Waals surface area contributed by atoms with E-state index in [1.54, 1.807) is 0 Å². The number of carbonyl (C=O) groups is 3. The molecule has 2 saturated heterocycles. The topological polar surface area (TPSA) is 374 Å². The van der Waals surface area contributed by atoms with Crippen molar-refractivity contribution in [2.75, 3.05) is 26.4 Å². The Hall–Kier alpha value is -2.30. The van der Waals surface area contributed by atoms with E-state index in [1.165, 1.54) is 116 Å². The predicted molar refractivity (Wildman–Crippen MR) is 347 cm³/mol. The molecule has 0 amide bonds. The molecule has 18 atom stereocenters. The van der Waals surface area contributed by atoms with Gasteiger partial charge in [-0.15, -0.1) is 0 Å². The second-order valence-electron chi connectivity index (χ2n) is 26.0. The van der Waals surface area contributed by atoms with Gasteiger partial charge in [-0.25, -0.2) is 4.57 Å². The zero-order chi connectivity index (χ0) is 68.2. The molecule has 0 aromatic carbocycles. The highest BCUT2D eigenvalue weighted by Gasteiger charge is 2.58. The normalized spacial score (nSPS) is 28.5. The minimum absolute atomic E-state index is 0.0275. The Labute approximate surface area is 554 Å². The lowest BCUT2D eigenvalue weighted by Crippen LogP contribution is -2.69. The molecule has 0 aromatic rings. The molecule has 0 spiro atoms. The number of unbranched alkanes of at least 4 members (excludes halogenated alkanes) is 32. The molecule has 25 heteroatoms. The number of rotatable bonds is 55. The number of carbonyl (C=O) groups excluding carboxylic acids is 3. The van der Waals surface area contributed by atoms with Crippen LogP contribution in [0.1, 0.15) is 271 Å². The van der Waals surface area contributed by atoms with Crippen LogP contribution in [0, 0.1) is 0 Å². The van der Waals surface area contributed by atoms with Crippen LogP contribution in [-0.2, 0) is 61.2 Å². The molecule has 24 nitrogen and oxygen atoms in total. The smallest absolute Gasteiger partial charge is 0.463 e. The average molecular weight is 1360 g/mol. The van der Waals surface area contributed by atoms with E-state index in [0.29, 0.717) is 19.3 Å². The van der Waals surface area contributed by atoms with Gasteiger partial charge in [0.25, 0.3) is 0 Å². The third-order valence-electron chi connectivity index (χ3n) is 17.8. The summed E-state index contributed by atoms with van der Waals surface area (Å²) < 4.78 is 64.8. The Bertz CT molecular complexity index is 1990. The molecule has 0 bridgehead atoms. The summed E-state index contributed by atoms with van der Waals surface area (Å²) in [7, 11) is -5.69. The SMILES string of the molecule is CCCCCCCC/C=C\CCCCCC(=O)OCC(COP(=O)(O)OC1C(OC2OC(CO)C(O)C(O)C2O)C(O)C(O)C(O)C1OC1OC(COC(=O)CCCCCCCCCCCCCCC)C(O)C(O)C1O)OC(=O)CCCCCCCCCCCCCC. The van der Waals surface area contributed by atoms with E-state index < -0.39 is 156 Å². The molecule has 0 radical (unpaired) electrons. The zero-order valence-electron chi connectivity index (χ0n) is 56.5. The minimum Gasteiger partial charge on any atom is -0.463 e. The van der Waals surface area contributed by atoms with Gasteiger partial charge in [0.05, 0.1) is 13.2 Å². The van der Waals surface area contributed by atoms with E-state index in [9.17, 15) is 74.9 Å². The van der Waals surface area contributed by atoms with Crippen molar-refractivity contribution < 1.29 is 117 Å². The Morgan fingerprint density at radius 3 is 1.17 bits per heavy atom. The van der Waals surface area contributed by atoms with Crippen molar-refractivity contribution in [1.29, 1.82) is 0 Å². The molecule has 3 rings (SSSR count). The van der Waals surface area contributed by atoms with E-state index >= 15 is 0 Å². The molecule has 1 aliphatic carbocycles. The van der Waals surface area contributed by atoms with Crippen LogP contribution in [0.5, 0.6) is 0 Å². The van der Waals surface area contributed by atoms with Crippen LogP contribution in [-0.4, -0.2) is 204 Å². The first-order valence-electron chi connectivity index (χ1n) is 36.0. The Morgan fingerprint density at radius 1 is 0.409 bits per heavy atom. The van der Waals surface area contributed by atoms with E-state index in [2.05, 4.69) is 32.9 Å². The second kappa shape index (κ2) is 50.9. The maximum absolute atomic E-state index is 14.3. The van der Waals surface area contributed by atoms with Gasteiger partial charge in [-0.3, -0.25) is 23.4 Å². The van der Waals surface area contributed by atoms with E-state index in [0.717, 1.165) is 96.3 Å². The number of phosphoric acid groups is 1. The number of ether oxygens (including phenoxy) is 7. The van der Waals surface area contributed by atoms with Gasteiger partial charge in [-0.1, -0.05) is 219 Å². The molecular weight excluding hydrogens is 1230 g/mol. The molecule has 1 saturated carbocycles. The predicted octanol–water partition coefficient (Wildman–Crippen LogP) is 8.79. The van der Waals surface area contributed by atoms with E-state index in [4.69, 9.17) is 42.2 Å². The molecule has 2 heterocycles. The highest BCUT2D eigenvalue weighted by Crippen LogP contribution is 2.49. The number of phosphoric ester groups is 1.